The number of benzene rings is 1. The molecule has 0 aliphatic carbocycles. The summed E-state index contributed by atoms with van der Waals surface area (Å²) in [5, 5.41) is 0. The monoisotopic (exact) mass is 319 g/mol. The van der Waals surface area contributed by atoms with E-state index in [2.05, 4.69) is 11.7 Å². The predicted octanol–water partition coefficient (Wildman–Crippen LogP) is 2.57. The number of likely N-dealkylation sites (tertiary alicyclic amines) is 1. The molecule has 0 N–H and O–H groups in total. The summed E-state index contributed by atoms with van der Waals surface area (Å²) in [4.78, 5) is 25.5. The fraction of sp³-hybridized carbons (Fsp3) is 0.556. The predicted molar refractivity (Wildman–Crippen MR) is 87.3 cm³/mol. The van der Waals surface area contributed by atoms with Gasteiger partial charge >= 0.3 is 5.97 Å². The summed E-state index contributed by atoms with van der Waals surface area (Å²) in [7, 11) is 1.37. The second-order valence-corrected chi connectivity index (χ2v) is 5.83. The maximum atomic E-state index is 12.3. The van der Waals surface area contributed by atoms with E-state index in [0.717, 1.165) is 31.4 Å². The van der Waals surface area contributed by atoms with Gasteiger partial charge in [-0.15, -0.1) is 0 Å². The fourth-order valence-electron chi connectivity index (χ4n) is 2.92. The lowest BCUT2D eigenvalue weighted by Crippen LogP contribution is -2.45. The van der Waals surface area contributed by atoms with Gasteiger partial charge in [-0.05, 0) is 43.4 Å². The standard InChI is InChI=1S/C18H25NO4/c1-3-15-6-4-5-11-19(15)17(20)13-23-16-9-7-14(8-10-16)12-18(21)22-2/h7-10,15H,3-6,11-13H2,1-2H3. The van der Waals surface area contributed by atoms with Crippen LogP contribution < -0.4 is 4.74 Å². The van der Waals surface area contributed by atoms with Gasteiger partial charge in [-0.2, -0.15) is 0 Å². The molecule has 0 bridgehead atoms. The second kappa shape index (κ2) is 8.56. The van der Waals surface area contributed by atoms with Gasteiger partial charge in [0.1, 0.15) is 5.75 Å². The topological polar surface area (TPSA) is 55.8 Å². The molecule has 0 saturated carbocycles. The zero-order chi connectivity index (χ0) is 16.7. The number of hydrogen-bond acceptors (Lipinski definition) is 4. The zero-order valence-electron chi connectivity index (χ0n) is 13.9. The van der Waals surface area contributed by atoms with E-state index < -0.39 is 0 Å². The van der Waals surface area contributed by atoms with Crippen molar-refractivity contribution in [3.05, 3.63) is 29.8 Å². The number of ether oxygens (including phenoxy) is 2. The highest BCUT2D eigenvalue weighted by Gasteiger charge is 2.25. The molecule has 1 amide bonds. The minimum Gasteiger partial charge on any atom is -0.484 e. The van der Waals surface area contributed by atoms with E-state index in [1.54, 1.807) is 12.1 Å². The van der Waals surface area contributed by atoms with Crippen LogP contribution in [0, 0.1) is 0 Å². The number of carbonyl (C=O) groups is 2. The number of carbonyl (C=O) groups excluding carboxylic acids is 2. The van der Waals surface area contributed by atoms with Crippen molar-refractivity contribution in [1.29, 1.82) is 0 Å². The first kappa shape index (κ1) is 17.3. The van der Waals surface area contributed by atoms with Crippen molar-refractivity contribution in [1.82, 2.24) is 4.90 Å². The van der Waals surface area contributed by atoms with E-state index in [1.807, 2.05) is 17.0 Å². The van der Waals surface area contributed by atoms with Gasteiger partial charge in [0.25, 0.3) is 5.91 Å². The Bertz CT molecular complexity index is 526. The maximum absolute atomic E-state index is 12.3. The minimum absolute atomic E-state index is 0.0511. The molecule has 1 fully saturated rings. The van der Waals surface area contributed by atoms with E-state index in [-0.39, 0.29) is 24.9 Å². The van der Waals surface area contributed by atoms with E-state index in [0.29, 0.717) is 11.8 Å². The lowest BCUT2D eigenvalue weighted by atomic mass is 10.00. The van der Waals surface area contributed by atoms with Gasteiger partial charge in [0.2, 0.25) is 0 Å². The van der Waals surface area contributed by atoms with Crippen LogP contribution >= 0.6 is 0 Å². The van der Waals surface area contributed by atoms with Gasteiger partial charge in [0, 0.05) is 12.6 Å². The summed E-state index contributed by atoms with van der Waals surface area (Å²) >= 11 is 0. The average molecular weight is 319 g/mol. The Kier molecular flexibility index (Phi) is 6.44. The van der Waals surface area contributed by atoms with Crippen molar-refractivity contribution >= 4 is 11.9 Å². The quantitative estimate of drug-likeness (QED) is 0.756. The number of esters is 1. The molecule has 23 heavy (non-hydrogen) atoms. The molecule has 1 aliphatic heterocycles. The Balaban J connectivity index is 1.85. The summed E-state index contributed by atoms with van der Waals surface area (Å²) in [5.74, 6) is 0.414. The van der Waals surface area contributed by atoms with Gasteiger partial charge in [0.15, 0.2) is 6.61 Å². The van der Waals surface area contributed by atoms with Crippen molar-refractivity contribution in [2.45, 2.75) is 45.1 Å². The average Bonchev–Trinajstić information content (AvgIpc) is 2.60. The van der Waals surface area contributed by atoms with Gasteiger partial charge < -0.3 is 14.4 Å². The van der Waals surface area contributed by atoms with E-state index >= 15 is 0 Å². The number of rotatable bonds is 6. The molecule has 126 valence electrons. The molecule has 0 spiro atoms. The Morgan fingerprint density at radius 2 is 1.96 bits per heavy atom. The van der Waals surface area contributed by atoms with Crippen molar-refractivity contribution < 1.29 is 19.1 Å². The second-order valence-electron chi connectivity index (χ2n) is 5.83. The smallest absolute Gasteiger partial charge is 0.309 e. The fourth-order valence-corrected chi connectivity index (χ4v) is 2.92. The van der Waals surface area contributed by atoms with Gasteiger partial charge in [-0.3, -0.25) is 9.59 Å². The lowest BCUT2D eigenvalue weighted by molar-refractivity contribution is -0.140. The molecular weight excluding hydrogens is 294 g/mol. The SMILES string of the molecule is CCC1CCCCN1C(=O)COc1ccc(CC(=O)OC)cc1. The third-order valence-corrected chi connectivity index (χ3v) is 4.28. The molecule has 1 aromatic carbocycles. The van der Waals surface area contributed by atoms with Crippen LogP contribution in [0.5, 0.6) is 5.75 Å². The molecule has 1 saturated heterocycles. The Labute approximate surface area is 137 Å². The Hall–Kier alpha value is -2.04. The van der Waals surface area contributed by atoms with Crippen LogP contribution in [0.2, 0.25) is 0 Å². The van der Waals surface area contributed by atoms with Crippen LogP contribution in [-0.2, 0) is 20.7 Å². The van der Waals surface area contributed by atoms with Crippen LogP contribution in [-0.4, -0.2) is 43.1 Å². The first-order valence-corrected chi connectivity index (χ1v) is 8.22. The number of piperidine rings is 1. The summed E-state index contributed by atoms with van der Waals surface area (Å²) in [6.45, 7) is 3.02. The Morgan fingerprint density at radius 3 is 2.61 bits per heavy atom. The minimum atomic E-state index is -0.274. The normalized spacial score (nSPS) is 17.7. The van der Waals surface area contributed by atoms with Crippen LogP contribution in [0.15, 0.2) is 24.3 Å². The van der Waals surface area contributed by atoms with Crippen LogP contribution in [0.3, 0.4) is 0 Å². The molecule has 0 aromatic heterocycles. The molecule has 2 rings (SSSR count). The van der Waals surface area contributed by atoms with Gasteiger partial charge in [0.05, 0.1) is 13.5 Å². The van der Waals surface area contributed by atoms with Crippen molar-refractivity contribution in [2.75, 3.05) is 20.3 Å². The number of amides is 1. The molecule has 5 heteroatoms. The van der Waals surface area contributed by atoms with Crippen molar-refractivity contribution in [2.24, 2.45) is 0 Å². The van der Waals surface area contributed by atoms with Crippen LogP contribution in [0.4, 0.5) is 0 Å². The molecule has 1 aliphatic rings. The maximum Gasteiger partial charge on any atom is 0.309 e. The van der Waals surface area contributed by atoms with Crippen molar-refractivity contribution in [3.63, 3.8) is 0 Å². The zero-order valence-corrected chi connectivity index (χ0v) is 13.9. The third-order valence-electron chi connectivity index (χ3n) is 4.28. The van der Waals surface area contributed by atoms with Crippen molar-refractivity contribution in [3.8, 4) is 5.75 Å². The first-order valence-electron chi connectivity index (χ1n) is 8.22. The molecular formula is C18H25NO4. The van der Waals surface area contributed by atoms with Gasteiger partial charge in [-0.1, -0.05) is 19.1 Å². The lowest BCUT2D eigenvalue weighted by Gasteiger charge is -2.35. The number of methoxy groups -OCH3 is 1. The number of hydrogen-bond donors (Lipinski definition) is 0. The van der Waals surface area contributed by atoms with Crippen LogP contribution in [0.25, 0.3) is 0 Å². The van der Waals surface area contributed by atoms with E-state index in [1.165, 1.54) is 13.5 Å². The van der Waals surface area contributed by atoms with Crippen LogP contribution in [0.1, 0.15) is 38.2 Å². The molecule has 1 aromatic rings. The first-order chi connectivity index (χ1) is 11.1. The molecule has 0 radical (unpaired) electrons. The Morgan fingerprint density at radius 1 is 1.22 bits per heavy atom. The largest absolute Gasteiger partial charge is 0.484 e. The summed E-state index contributed by atoms with van der Waals surface area (Å²) < 4.78 is 10.2. The van der Waals surface area contributed by atoms with E-state index in [9.17, 15) is 9.59 Å². The highest BCUT2D eigenvalue weighted by Crippen LogP contribution is 2.20. The van der Waals surface area contributed by atoms with Gasteiger partial charge in [-0.25, -0.2) is 0 Å². The highest BCUT2D eigenvalue weighted by atomic mass is 16.5. The molecule has 5 nitrogen and oxygen atoms in total. The van der Waals surface area contributed by atoms with E-state index in [4.69, 9.17) is 4.74 Å². The molecule has 1 atom stereocenters. The third kappa shape index (κ3) is 4.98. The highest BCUT2D eigenvalue weighted by molar-refractivity contribution is 5.78. The summed E-state index contributed by atoms with van der Waals surface area (Å²) in [6, 6.07) is 7.53. The molecule has 1 heterocycles. The molecule has 1 unspecified atom stereocenters. The summed E-state index contributed by atoms with van der Waals surface area (Å²) in [6.07, 6.45) is 4.59. The summed E-state index contributed by atoms with van der Waals surface area (Å²) in [5.41, 5.74) is 0.859. The number of nitrogens with zero attached hydrogens (tertiary/aromatic N) is 1.